The van der Waals surface area contributed by atoms with Gasteiger partial charge in [-0.05, 0) is 30.7 Å². The lowest BCUT2D eigenvalue weighted by Crippen LogP contribution is -2.40. The molecule has 8 heteroatoms. The van der Waals surface area contributed by atoms with Crippen molar-refractivity contribution in [3.63, 3.8) is 0 Å². The number of aromatic nitrogens is 3. The quantitative estimate of drug-likeness (QED) is 0.439. The van der Waals surface area contributed by atoms with Crippen LogP contribution in [0.1, 0.15) is 18.7 Å². The van der Waals surface area contributed by atoms with Gasteiger partial charge in [0.2, 0.25) is 0 Å². The van der Waals surface area contributed by atoms with Crippen LogP contribution in [0, 0.1) is 0 Å². The fraction of sp³-hybridized carbons (Fsp3) is 0.500. The summed E-state index contributed by atoms with van der Waals surface area (Å²) in [6.45, 7) is 1.56. The number of pyridine rings is 1. The molecule has 2 N–H and O–H groups in total. The lowest BCUT2D eigenvalue weighted by molar-refractivity contribution is 0.716. The molecule has 0 aromatic carbocycles. The number of fused-ring (bicyclic) bond motifs is 1. The molecule has 0 saturated carbocycles. The average molecular weight is 432 g/mol. The fourth-order valence-electron chi connectivity index (χ4n) is 2.41. The summed E-state index contributed by atoms with van der Waals surface area (Å²) in [5.41, 5.74) is 0.861. The highest BCUT2D eigenvalue weighted by atomic mass is 127. The Morgan fingerprint density at radius 2 is 2.32 bits per heavy atom. The van der Waals surface area contributed by atoms with Crippen molar-refractivity contribution in [1.29, 1.82) is 0 Å². The van der Waals surface area contributed by atoms with E-state index in [-0.39, 0.29) is 24.0 Å². The Hall–Kier alpha value is -1.03. The van der Waals surface area contributed by atoms with Gasteiger partial charge in [0, 0.05) is 25.0 Å². The smallest absolute Gasteiger partial charge is 0.191 e. The minimum atomic E-state index is 0. The molecule has 0 amide bonds. The van der Waals surface area contributed by atoms with Crippen LogP contribution >= 0.6 is 35.7 Å². The molecule has 1 unspecified atom stereocenters. The Morgan fingerprint density at radius 3 is 3.09 bits per heavy atom. The lowest BCUT2D eigenvalue weighted by atomic mass is 10.2. The molecule has 6 nitrogen and oxygen atoms in total. The molecular weight excluding hydrogens is 411 g/mol. The standard InChI is InChI=1S/C14H20N6S.HI/c1-15-14(16-9-11-5-4-8-21-11)17-10-13-19-18-12-6-2-3-7-20(12)13;/h2-3,6-7,11H,4-5,8-10H2,1H3,(H2,15,16,17);1H. The fourth-order valence-corrected chi connectivity index (χ4v) is 3.61. The molecule has 3 heterocycles. The maximum absolute atomic E-state index is 4.26. The summed E-state index contributed by atoms with van der Waals surface area (Å²) in [6, 6.07) is 5.88. The molecule has 2 aromatic rings. The zero-order valence-electron chi connectivity index (χ0n) is 12.5. The van der Waals surface area contributed by atoms with Gasteiger partial charge >= 0.3 is 0 Å². The summed E-state index contributed by atoms with van der Waals surface area (Å²) in [6.07, 6.45) is 4.59. The highest BCUT2D eigenvalue weighted by Crippen LogP contribution is 2.25. The first kappa shape index (κ1) is 17.3. The second-order valence-electron chi connectivity index (χ2n) is 4.99. The zero-order valence-corrected chi connectivity index (χ0v) is 15.7. The van der Waals surface area contributed by atoms with E-state index in [9.17, 15) is 0 Å². The SMILES string of the molecule is CN=C(NCc1nnc2ccccn12)NCC1CCCS1.I. The van der Waals surface area contributed by atoms with Crippen LogP contribution in [-0.4, -0.2) is 45.2 Å². The van der Waals surface area contributed by atoms with E-state index in [0.717, 1.165) is 24.0 Å². The number of hydrogen-bond donors (Lipinski definition) is 2. The van der Waals surface area contributed by atoms with E-state index in [1.165, 1.54) is 18.6 Å². The molecule has 0 spiro atoms. The third kappa shape index (κ3) is 4.25. The van der Waals surface area contributed by atoms with Crippen LogP contribution in [0.25, 0.3) is 5.65 Å². The van der Waals surface area contributed by atoms with E-state index in [1.807, 2.05) is 40.6 Å². The molecule has 22 heavy (non-hydrogen) atoms. The van der Waals surface area contributed by atoms with Crippen molar-refractivity contribution in [3.05, 3.63) is 30.2 Å². The van der Waals surface area contributed by atoms with Crippen molar-refractivity contribution in [2.24, 2.45) is 4.99 Å². The summed E-state index contributed by atoms with van der Waals surface area (Å²) in [5.74, 6) is 2.98. The maximum Gasteiger partial charge on any atom is 0.191 e. The van der Waals surface area contributed by atoms with Gasteiger partial charge in [0.15, 0.2) is 17.4 Å². The van der Waals surface area contributed by atoms with Gasteiger partial charge in [0.25, 0.3) is 0 Å². The van der Waals surface area contributed by atoms with E-state index in [2.05, 4.69) is 25.8 Å². The Kier molecular flexibility index (Phi) is 6.74. The molecular formula is C14H21IN6S. The molecule has 1 aliphatic rings. The first-order chi connectivity index (χ1) is 10.4. The van der Waals surface area contributed by atoms with Gasteiger partial charge in [-0.3, -0.25) is 9.39 Å². The van der Waals surface area contributed by atoms with Gasteiger partial charge in [-0.2, -0.15) is 11.8 Å². The largest absolute Gasteiger partial charge is 0.355 e. The van der Waals surface area contributed by atoms with Gasteiger partial charge < -0.3 is 10.6 Å². The van der Waals surface area contributed by atoms with Gasteiger partial charge in [0.1, 0.15) is 0 Å². The molecule has 1 aliphatic heterocycles. The van der Waals surface area contributed by atoms with E-state index in [1.54, 1.807) is 7.05 Å². The molecule has 3 rings (SSSR count). The molecule has 1 saturated heterocycles. The van der Waals surface area contributed by atoms with E-state index in [4.69, 9.17) is 0 Å². The van der Waals surface area contributed by atoms with E-state index < -0.39 is 0 Å². The Labute approximate surface area is 151 Å². The first-order valence-electron chi connectivity index (χ1n) is 7.21. The highest BCUT2D eigenvalue weighted by Gasteiger charge is 2.15. The van der Waals surface area contributed by atoms with Crippen LogP contribution in [0.4, 0.5) is 0 Å². The summed E-state index contributed by atoms with van der Waals surface area (Å²) < 4.78 is 1.98. The maximum atomic E-state index is 4.26. The lowest BCUT2D eigenvalue weighted by Gasteiger charge is -2.14. The molecule has 0 bridgehead atoms. The van der Waals surface area contributed by atoms with Gasteiger partial charge in [-0.1, -0.05) is 6.07 Å². The van der Waals surface area contributed by atoms with Crippen LogP contribution in [0.5, 0.6) is 0 Å². The number of hydrogen-bond acceptors (Lipinski definition) is 4. The summed E-state index contributed by atoms with van der Waals surface area (Å²) in [4.78, 5) is 4.26. The summed E-state index contributed by atoms with van der Waals surface area (Å²) in [7, 11) is 1.79. The summed E-state index contributed by atoms with van der Waals surface area (Å²) in [5, 5.41) is 15.7. The topological polar surface area (TPSA) is 66.6 Å². The molecule has 1 atom stereocenters. The number of halogens is 1. The zero-order chi connectivity index (χ0) is 14.5. The number of nitrogens with one attached hydrogen (secondary N) is 2. The van der Waals surface area contributed by atoms with Gasteiger partial charge in [-0.15, -0.1) is 34.2 Å². The second-order valence-corrected chi connectivity index (χ2v) is 6.40. The molecule has 1 fully saturated rings. The van der Waals surface area contributed by atoms with E-state index in [0.29, 0.717) is 11.8 Å². The molecule has 0 radical (unpaired) electrons. The van der Waals surface area contributed by atoms with Crippen molar-refractivity contribution in [1.82, 2.24) is 25.2 Å². The van der Waals surface area contributed by atoms with Gasteiger partial charge in [-0.25, -0.2) is 0 Å². The third-order valence-electron chi connectivity index (χ3n) is 3.54. The van der Waals surface area contributed by atoms with Crippen molar-refractivity contribution in [3.8, 4) is 0 Å². The summed E-state index contributed by atoms with van der Waals surface area (Å²) >= 11 is 2.04. The molecule has 2 aromatic heterocycles. The van der Waals surface area contributed by atoms with Crippen LogP contribution in [0.3, 0.4) is 0 Å². The first-order valence-corrected chi connectivity index (χ1v) is 8.26. The van der Waals surface area contributed by atoms with Crippen LogP contribution in [-0.2, 0) is 6.54 Å². The highest BCUT2D eigenvalue weighted by molar-refractivity contribution is 14.0. The van der Waals surface area contributed by atoms with E-state index >= 15 is 0 Å². The Bertz CT molecular complexity index is 623. The number of nitrogens with zero attached hydrogens (tertiary/aromatic N) is 4. The molecule has 120 valence electrons. The number of rotatable bonds is 4. The van der Waals surface area contributed by atoms with Crippen molar-refractivity contribution < 1.29 is 0 Å². The van der Waals surface area contributed by atoms with Crippen molar-refractivity contribution >= 4 is 47.3 Å². The minimum absolute atomic E-state index is 0. The second kappa shape index (κ2) is 8.56. The molecule has 0 aliphatic carbocycles. The minimum Gasteiger partial charge on any atom is -0.355 e. The van der Waals surface area contributed by atoms with Crippen LogP contribution in [0.15, 0.2) is 29.4 Å². The van der Waals surface area contributed by atoms with Crippen molar-refractivity contribution in [2.45, 2.75) is 24.6 Å². The average Bonchev–Trinajstić information content (AvgIpc) is 3.17. The monoisotopic (exact) mass is 432 g/mol. The Balaban J connectivity index is 0.00000176. The van der Waals surface area contributed by atoms with Crippen LogP contribution < -0.4 is 10.6 Å². The van der Waals surface area contributed by atoms with Gasteiger partial charge in [0.05, 0.1) is 6.54 Å². The van der Waals surface area contributed by atoms with Crippen LogP contribution in [0.2, 0.25) is 0 Å². The normalized spacial score (nSPS) is 18.2. The Morgan fingerprint density at radius 1 is 1.41 bits per heavy atom. The predicted molar refractivity (Wildman–Crippen MR) is 102 cm³/mol. The number of thioether (sulfide) groups is 1. The number of guanidine groups is 1. The third-order valence-corrected chi connectivity index (χ3v) is 4.94. The number of aliphatic imine (C=N–C) groups is 1. The predicted octanol–water partition coefficient (Wildman–Crippen LogP) is 1.91. The van der Waals surface area contributed by atoms with Crippen molar-refractivity contribution in [2.75, 3.05) is 19.3 Å².